The van der Waals surface area contributed by atoms with E-state index in [1.807, 2.05) is 0 Å². The van der Waals surface area contributed by atoms with Crippen LogP contribution in [0.5, 0.6) is 0 Å². The van der Waals surface area contributed by atoms with Gasteiger partial charge in [0.1, 0.15) is 0 Å². The maximum absolute atomic E-state index is 12.4. The molecule has 10 heteroatoms. The van der Waals surface area contributed by atoms with Crippen molar-refractivity contribution in [2.24, 2.45) is 5.73 Å². The second-order valence-electron chi connectivity index (χ2n) is 5.89. The summed E-state index contributed by atoms with van der Waals surface area (Å²) in [7, 11) is -3.67. The molecule has 1 amide bonds. The molecular formula is C14H20ClN3O5S. The van der Waals surface area contributed by atoms with Gasteiger partial charge in [-0.2, -0.15) is 0 Å². The molecule has 1 aliphatic carbocycles. The van der Waals surface area contributed by atoms with E-state index < -0.39 is 31.9 Å². The number of benzene rings is 1. The lowest BCUT2D eigenvalue weighted by Crippen LogP contribution is -2.51. The van der Waals surface area contributed by atoms with E-state index in [1.54, 1.807) is 0 Å². The summed E-state index contributed by atoms with van der Waals surface area (Å²) in [6.07, 6.45) is 4.31. The van der Waals surface area contributed by atoms with E-state index in [4.69, 9.17) is 5.73 Å². The van der Waals surface area contributed by atoms with Crippen LogP contribution in [0.1, 0.15) is 36.0 Å². The molecule has 8 nitrogen and oxygen atoms in total. The van der Waals surface area contributed by atoms with Crippen LogP contribution in [0.15, 0.2) is 23.1 Å². The molecule has 0 saturated heterocycles. The number of carbonyl (C=O) groups excluding carboxylic acids is 1. The highest BCUT2D eigenvalue weighted by Gasteiger charge is 2.34. The predicted molar refractivity (Wildman–Crippen MR) is 91.2 cm³/mol. The lowest BCUT2D eigenvalue weighted by Gasteiger charge is -2.28. The Morgan fingerprint density at radius 1 is 1.33 bits per heavy atom. The molecule has 0 spiro atoms. The lowest BCUT2D eigenvalue weighted by molar-refractivity contribution is -0.385. The number of carbonyl (C=O) groups is 1. The number of hydrogen-bond donors (Lipinski definition) is 2. The smallest absolute Gasteiger partial charge is 0.271 e. The molecule has 24 heavy (non-hydrogen) atoms. The summed E-state index contributed by atoms with van der Waals surface area (Å²) in [6, 6.07) is 3.17. The molecular weight excluding hydrogens is 358 g/mol. The van der Waals surface area contributed by atoms with Crippen LogP contribution in [-0.4, -0.2) is 37.6 Å². The molecule has 3 N–H and O–H groups in total. The van der Waals surface area contributed by atoms with Crippen molar-refractivity contribution in [3.8, 4) is 0 Å². The number of hydrogen-bond acceptors (Lipinski definition) is 6. The van der Waals surface area contributed by atoms with Gasteiger partial charge in [-0.25, -0.2) is 8.42 Å². The lowest BCUT2D eigenvalue weighted by atomic mass is 9.97. The molecule has 0 atom stereocenters. The minimum atomic E-state index is -3.67. The SMILES string of the molecule is CS(=O)(=O)c1cc(C(=O)NC2(CN)CCCC2)cc([N+](=O)[O-])c1.Cl. The average molecular weight is 378 g/mol. The van der Waals surface area contributed by atoms with Crippen LogP contribution in [0.25, 0.3) is 0 Å². The maximum atomic E-state index is 12.4. The number of nitrogens with two attached hydrogens (primary N) is 1. The van der Waals surface area contributed by atoms with Gasteiger partial charge in [-0.05, 0) is 18.9 Å². The Labute approximate surface area is 146 Å². The molecule has 1 aromatic carbocycles. The number of halogens is 1. The second-order valence-corrected chi connectivity index (χ2v) is 7.91. The zero-order chi connectivity index (χ0) is 17.3. The summed E-state index contributed by atoms with van der Waals surface area (Å²) in [6.45, 7) is 0.270. The van der Waals surface area contributed by atoms with Crippen molar-refractivity contribution in [3.63, 3.8) is 0 Å². The van der Waals surface area contributed by atoms with Gasteiger partial charge in [-0.15, -0.1) is 12.4 Å². The first-order valence-electron chi connectivity index (χ1n) is 7.19. The highest BCUT2D eigenvalue weighted by Crippen LogP contribution is 2.29. The van der Waals surface area contributed by atoms with Crippen molar-refractivity contribution in [2.45, 2.75) is 36.1 Å². The van der Waals surface area contributed by atoms with E-state index in [2.05, 4.69) is 5.32 Å². The Kier molecular flexibility index (Phi) is 6.32. The van der Waals surface area contributed by atoms with Crippen LogP contribution in [0.2, 0.25) is 0 Å². The molecule has 0 bridgehead atoms. The van der Waals surface area contributed by atoms with Gasteiger partial charge in [0.05, 0.1) is 15.4 Å². The zero-order valence-corrected chi connectivity index (χ0v) is 14.8. The number of rotatable bonds is 5. The Balaban J connectivity index is 0.00000288. The molecule has 1 fully saturated rings. The van der Waals surface area contributed by atoms with Crippen LogP contribution in [-0.2, 0) is 9.84 Å². The molecule has 1 saturated carbocycles. The third-order valence-electron chi connectivity index (χ3n) is 4.12. The number of sulfone groups is 1. The van der Waals surface area contributed by atoms with E-state index in [1.165, 1.54) is 0 Å². The fraction of sp³-hybridized carbons (Fsp3) is 0.500. The van der Waals surface area contributed by atoms with Gasteiger partial charge in [0.25, 0.3) is 11.6 Å². The highest BCUT2D eigenvalue weighted by atomic mass is 35.5. The van der Waals surface area contributed by atoms with Crippen molar-refractivity contribution in [3.05, 3.63) is 33.9 Å². The number of nitrogens with zero attached hydrogens (tertiary/aromatic N) is 1. The Morgan fingerprint density at radius 2 is 1.92 bits per heavy atom. The summed E-state index contributed by atoms with van der Waals surface area (Å²) in [5.41, 5.74) is 4.74. The van der Waals surface area contributed by atoms with Gasteiger partial charge in [0.15, 0.2) is 9.84 Å². The van der Waals surface area contributed by atoms with Crippen LogP contribution in [0.4, 0.5) is 5.69 Å². The topological polar surface area (TPSA) is 132 Å². The van der Waals surface area contributed by atoms with E-state index in [9.17, 15) is 23.3 Å². The van der Waals surface area contributed by atoms with Crippen LogP contribution in [0, 0.1) is 10.1 Å². The largest absolute Gasteiger partial charge is 0.345 e. The van der Waals surface area contributed by atoms with Crippen LogP contribution >= 0.6 is 12.4 Å². The number of amides is 1. The fourth-order valence-electron chi connectivity index (χ4n) is 2.78. The number of nitro benzene ring substituents is 1. The number of non-ortho nitro benzene ring substituents is 1. The molecule has 1 aromatic rings. The zero-order valence-electron chi connectivity index (χ0n) is 13.1. The first-order chi connectivity index (χ1) is 10.7. The van der Waals surface area contributed by atoms with Gasteiger partial charge in [0, 0.05) is 30.5 Å². The Bertz CT molecular complexity index is 745. The summed E-state index contributed by atoms with van der Waals surface area (Å²) < 4.78 is 23.3. The third-order valence-corrected chi connectivity index (χ3v) is 5.21. The van der Waals surface area contributed by atoms with Crippen LogP contribution < -0.4 is 11.1 Å². The van der Waals surface area contributed by atoms with Gasteiger partial charge in [-0.3, -0.25) is 14.9 Å². The van der Waals surface area contributed by atoms with Crippen molar-refractivity contribution in [1.82, 2.24) is 5.32 Å². The van der Waals surface area contributed by atoms with Crippen molar-refractivity contribution >= 4 is 33.8 Å². The standard InChI is InChI=1S/C14H19N3O5S.ClH/c1-23(21,22)12-7-10(6-11(8-12)17(19)20)13(18)16-14(9-15)4-2-3-5-14;/h6-8H,2-5,9,15H2,1H3,(H,16,18);1H. The van der Waals surface area contributed by atoms with E-state index in [0.717, 1.165) is 50.1 Å². The fourth-order valence-corrected chi connectivity index (χ4v) is 3.45. The molecule has 134 valence electrons. The van der Waals surface area contributed by atoms with Gasteiger partial charge >= 0.3 is 0 Å². The van der Waals surface area contributed by atoms with Crippen molar-refractivity contribution < 1.29 is 18.1 Å². The van der Waals surface area contributed by atoms with Gasteiger partial charge < -0.3 is 11.1 Å². The minimum Gasteiger partial charge on any atom is -0.345 e. The van der Waals surface area contributed by atoms with Crippen LogP contribution in [0.3, 0.4) is 0 Å². The monoisotopic (exact) mass is 377 g/mol. The summed E-state index contributed by atoms with van der Waals surface area (Å²) in [4.78, 5) is 22.4. The summed E-state index contributed by atoms with van der Waals surface area (Å²) in [5.74, 6) is -0.550. The Morgan fingerprint density at radius 3 is 2.38 bits per heavy atom. The summed E-state index contributed by atoms with van der Waals surface area (Å²) in [5, 5.41) is 13.8. The predicted octanol–water partition coefficient (Wildman–Crippen LogP) is 1.42. The minimum absolute atomic E-state index is 0. The van der Waals surface area contributed by atoms with E-state index in [0.29, 0.717) is 0 Å². The first kappa shape index (κ1) is 20.3. The van der Waals surface area contributed by atoms with E-state index >= 15 is 0 Å². The second kappa shape index (κ2) is 7.45. The van der Waals surface area contributed by atoms with Crippen molar-refractivity contribution in [1.29, 1.82) is 0 Å². The average Bonchev–Trinajstić information content (AvgIpc) is 2.95. The maximum Gasteiger partial charge on any atom is 0.271 e. The van der Waals surface area contributed by atoms with Gasteiger partial charge in [-0.1, -0.05) is 12.8 Å². The molecule has 0 aliphatic heterocycles. The molecule has 1 aliphatic rings. The summed E-state index contributed by atoms with van der Waals surface area (Å²) >= 11 is 0. The van der Waals surface area contributed by atoms with Gasteiger partial charge in [0.2, 0.25) is 0 Å². The third kappa shape index (κ3) is 4.43. The molecule has 0 radical (unpaired) electrons. The molecule has 0 heterocycles. The van der Waals surface area contributed by atoms with Crippen molar-refractivity contribution in [2.75, 3.05) is 12.8 Å². The highest BCUT2D eigenvalue weighted by molar-refractivity contribution is 7.90. The Hall–Kier alpha value is -1.71. The quantitative estimate of drug-likeness (QED) is 0.589. The molecule has 0 unspecified atom stereocenters. The number of nitrogens with one attached hydrogen (secondary N) is 1. The van der Waals surface area contributed by atoms with E-state index in [-0.39, 0.29) is 29.4 Å². The number of nitro groups is 1. The molecule has 0 aromatic heterocycles. The normalized spacial score (nSPS) is 16.2. The molecule has 2 rings (SSSR count). The first-order valence-corrected chi connectivity index (χ1v) is 9.08.